The fraction of sp³-hybridized carbons (Fsp3) is 0.706. The molecule has 3 rings (SSSR count). The molecule has 0 unspecified atom stereocenters. The molecule has 148 valence electrons. The fourth-order valence-electron chi connectivity index (χ4n) is 3.37. The van der Waals surface area contributed by atoms with Gasteiger partial charge in [-0.05, 0) is 25.7 Å². The number of likely N-dealkylation sites (N-methyl/N-ethyl adjacent to an activating group) is 1. The van der Waals surface area contributed by atoms with Crippen molar-refractivity contribution in [3.63, 3.8) is 0 Å². The van der Waals surface area contributed by atoms with Gasteiger partial charge < -0.3 is 20.3 Å². The van der Waals surface area contributed by atoms with Gasteiger partial charge in [-0.25, -0.2) is 4.79 Å². The van der Waals surface area contributed by atoms with Crippen LogP contribution in [0.25, 0.3) is 0 Å². The van der Waals surface area contributed by atoms with E-state index in [0.717, 1.165) is 35.5 Å². The number of amides is 5. The first-order chi connectivity index (χ1) is 12.8. The molecule has 10 nitrogen and oxygen atoms in total. The number of nitrogens with one attached hydrogen (secondary N) is 2. The van der Waals surface area contributed by atoms with E-state index in [0.29, 0.717) is 12.8 Å². The zero-order valence-corrected chi connectivity index (χ0v) is 15.3. The number of nitrogens with zero attached hydrogens (tertiary/aromatic N) is 2. The molecule has 0 bridgehead atoms. The highest BCUT2D eigenvalue weighted by atomic mass is 16.5. The maximum absolute atomic E-state index is 12.5. The molecule has 2 saturated carbocycles. The van der Waals surface area contributed by atoms with Gasteiger partial charge >= 0.3 is 12.0 Å². The molecule has 1 aliphatic heterocycles. The van der Waals surface area contributed by atoms with Gasteiger partial charge in [0.2, 0.25) is 5.91 Å². The second-order valence-corrected chi connectivity index (χ2v) is 7.36. The summed E-state index contributed by atoms with van der Waals surface area (Å²) in [7, 11) is 1.43. The lowest BCUT2D eigenvalue weighted by Crippen LogP contribution is -2.44. The monoisotopic (exact) mass is 380 g/mol. The Morgan fingerprint density at radius 3 is 2.56 bits per heavy atom. The first-order valence-corrected chi connectivity index (χ1v) is 9.14. The molecule has 5 amide bonds. The highest BCUT2D eigenvalue weighted by Crippen LogP contribution is 2.34. The quantitative estimate of drug-likeness (QED) is 0.437. The Morgan fingerprint density at radius 1 is 1.26 bits per heavy atom. The Labute approximate surface area is 156 Å². The molecule has 1 heterocycles. The van der Waals surface area contributed by atoms with E-state index in [9.17, 15) is 24.0 Å². The third-order valence-electron chi connectivity index (χ3n) is 5.10. The van der Waals surface area contributed by atoms with Crippen LogP contribution in [0.2, 0.25) is 0 Å². The average Bonchev–Trinajstić information content (AvgIpc) is 3.24. The minimum atomic E-state index is -0.887. The lowest BCUT2D eigenvalue weighted by Gasteiger charge is -2.20. The zero-order chi connectivity index (χ0) is 19.6. The number of urea groups is 1. The van der Waals surface area contributed by atoms with E-state index < -0.39 is 42.5 Å². The van der Waals surface area contributed by atoms with Gasteiger partial charge in [-0.1, -0.05) is 12.8 Å². The minimum Gasteiger partial charge on any atom is -0.454 e. The highest BCUT2D eigenvalue weighted by molar-refractivity contribution is 6.08. The minimum absolute atomic E-state index is 0.123. The van der Waals surface area contributed by atoms with Crippen molar-refractivity contribution >= 4 is 29.7 Å². The molecule has 3 fully saturated rings. The van der Waals surface area contributed by atoms with Crippen LogP contribution in [0.1, 0.15) is 38.5 Å². The molecule has 1 saturated heterocycles. The number of hydrogen-bond acceptors (Lipinski definition) is 6. The van der Waals surface area contributed by atoms with E-state index in [4.69, 9.17) is 4.74 Å². The molecule has 0 aromatic rings. The van der Waals surface area contributed by atoms with Gasteiger partial charge in [-0.15, -0.1) is 0 Å². The predicted octanol–water partition coefficient (Wildman–Crippen LogP) is -0.869. The Kier molecular flexibility index (Phi) is 5.33. The Morgan fingerprint density at radius 2 is 1.93 bits per heavy atom. The van der Waals surface area contributed by atoms with Gasteiger partial charge in [0.15, 0.2) is 6.61 Å². The fourth-order valence-corrected chi connectivity index (χ4v) is 3.37. The van der Waals surface area contributed by atoms with E-state index in [1.54, 1.807) is 0 Å². The number of imide groups is 1. The maximum Gasteiger partial charge on any atom is 0.326 e. The second-order valence-electron chi connectivity index (χ2n) is 7.36. The van der Waals surface area contributed by atoms with Crippen LogP contribution in [0.15, 0.2) is 0 Å². The van der Waals surface area contributed by atoms with Gasteiger partial charge in [-0.2, -0.15) is 0 Å². The van der Waals surface area contributed by atoms with Crippen molar-refractivity contribution < 1.29 is 28.7 Å². The molecule has 27 heavy (non-hydrogen) atoms. The summed E-state index contributed by atoms with van der Waals surface area (Å²) >= 11 is 0. The normalized spacial score (nSPS) is 20.6. The lowest BCUT2D eigenvalue weighted by molar-refractivity contribution is -0.153. The number of rotatable bonds is 7. The molecule has 0 aromatic heterocycles. The van der Waals surface area contributed by atoms with Gasteiger partial charge in [0, 0.05) is 13.1 Å². The first kappa shape index (κ1) is 19.1. The van der Waals surface area contributed by atoms with Crippen molar-refractivity contribution in [2.24, 2.45) is 0 Å². The summed E-state index contributed by atoms with van der Waals surface area (Å²) in [4.78, 5) is 62.0. The van der Waals surface area contributed by atoms with Gasteiger partial charge in [0.1, 0.15) is 12.1 Å². The molecule has 0 radical (unpaired) electrons. The summed E-state index contributed by atoms with van der Waals surface area (Å²) in [5.41, 5.74) is -0.887. The largest absolute Gasteiger partial charge is 0.454 e. The number of carbonyl (C=O) groups is 5. The van der Waals surface area contributed by atoms with Crippen LogP contribution in [0.4, 0.5) is 4.79 Å². The third-order valence-corrected chi connectivity index (χ3v) is 5.10. The van der Waals surface area contributed by atoms with Crippen molar-refractivity contribution in [1.29, 1.82) is 0 Å². The average molecular weight is 380 g/mol. The summed E-state index contributed by atoms with van der Waals surface area (Å²) < 4.78 is 4.87. The van der Waals surface area contributed by atoms with Crippen LogP contribution in [0.3, 0.4) is 0 Å². The molecule has 0 aromatic carbocycles. The predicted molar refractivity (Wildman–Crippen MR) is 91.2 cm³/mol. The number of carbonyl (C=O) groups excluding carboxylic acids is 5. The number of ether oxygens (including phenoxy) is 1. The second kappa shape index (κ2) is 7.53. The summed E-state index contributed by atoms with van der Waals surface area (Å²) in [6.45, 7) is -1.21. The van der Waals surface area contributed by atoms with Crippen molar-refractivity contribution in [1.82, 2.24) is 20.4 Å². The van der Waals surface area contributed by atoms with E-state index in [1.807, 2.05) is 0 Å². The van der Waals surface area contributed by atoms with E-state index >= 15 is 0 Å². The Hall–Kier alpha value is -2.65. The van der Waals surface area contributed by atoms with Crippen LogP contribution in [-0.2, 0) is 23.9 Å². The Balaban J connectivity index is 1.42. The molecule has 2 N–H and O–H groups in total. The number of hydrogen-bond donors (Lipinski definition) is 2. The van der Waals surface area contributed by atoms with Crippen LogP contribution < -0.4 is 10.6 Å². The first-order valence-electron chi connectivity index (χ1n) is 9.14. The lowest BCUT2D eigenvalue weighted by atomic mass is 9.98. The van der Waals surface area contributed by atoms with Crippen LogP contribution in [-0.4, -0.2) is 77.8 Å². The Bertz CT molecular complexity index is 668. The van der Waals surface area contributed by atoms with Gasteiger partial charge in [0.05, 0.1) is 6.54 Å². The van der Waals surface area contributed by atoms with E-state index in [-0.39, 0.29) is 18.5 Å². The van der Waals surface area contributed by atoms with Crippen LogP contribution >= 0.6 is 0 Å². The van der Waals surface area contributed by atoms with E-state index in [2.05, 4.69) is 10.6 Å². The highest BCUT2D eigenvalue weighted by Gasteiger charge is 2.52. The summed E-state index contributed by atoms with van der Waals surface area (Å²) in [6.07, 6.45) is 4.72. The van der Waals surface area contributed by atoms with Crippen molar-refractivity contribution in [2.45, 2.75) is 50.1 Å². The molecule has 2 aliphatic carbocycles. The third kappa shape index (κ3) is 4.37. The molecule has 3 aliphatic rings. The summed E-state index contributed by atoms with van der Waals surface area (Å²) in [6, 6.07) is -0.412. The summed E-state index contributed by atoms with van der Waals surface area (Å²) in [5, 5.41) is 5.43. The molecule has 0 atom stereocenters. The van der Waals surface area contributed by atoms with Gasteiger partial charge in [-0.3, -0.25) is 24.1 Å². The van der Waals surface area contributed by atoms with Crippen LogP contribution in [0, 0.1) is 0 Å². The topological polar surface area (TPSA) is 125 Å². The smallest absolute Gasteiger partial charge is 0.326 e. The molecular formula is C17H24N4O6. The summed E-state index contributed by atoms with van der Waals surface area (Å²) in [5.74, 6) is -2.07. The zero-order valence-electron chi connectivity index (χ0n) is 15.3. The van der Waals surface area contributed by atoms with Crippen LogP contribution in [0.5, 0.6) is 0 Å². The van der Waals surface area contributed by atoms with Gasteiger partial charge in [0.25, 0.3) is 11.8 Å². The van der Waals surface area contributed by atoms with Crippen molar-refractivity contribution in [3.05, 3.63) is 0 Å². The standard InChI is InChI=1S/C17H24N4O6/c1-20(8-12(22)18-11-4-5-11)13(23)10-27-14(24)9-21-15(25)17(19-16(21)26)6-2-3-7-17/h11H,2-10H2,1H3,(H,18,22)(H,19,26). The van der Waals surface area contributed by atoms with Crippen molar-refractivity contribution in [2.75, 3.05) is 26.7 Å². The maximum atomic E-state index is 12.5. The number of esters is 1. The molecule has 10 heteroatoms. The van der Waals surface area contributed by atoms with Crippen molar-refractivity contribution in [3.8, 4) is 0 Å². The SMILES string of the molecule is CN(CC(=O)NC1CC1)C(=O)COC(=O)CN1C(=O)NC2(CCCC2)C1=O. The molecular weight excluding hydrogens is 356 g/mol. The molecule has 1 spiro atoms. The van der Waals surface area contributed by atoms with E-state index in [1.165, 1.54) is 7.05 Å².